The molecular formula is C19H21F3N2S. The zero-order chi connectivity index (χ0) is 18.6. The average molecular weight is 366 g/mol. The molecule has 0 aliphatic rings. The SMILES string of the molecule is CC[C@@H](NC(=S)Nc1cccc(C(F)(F)F)c1)c1ccc(C)cc1C. The number of benzene rings is 2. The van der Waals surface area contributed by atoms with Crippen LogP contribution >= 0.6 is 12.2 Å². The summed E-state index contributed by atoms with van der Waals surface area (Å²) in [6.45, 7) is 6.10. The van der Waals surface area contributed by atoms with Crippen LogP contribution in [0.4, 0.5) is 18.9 Å². The highest BCUT2D eigenvalue weighted by molar-refractivity contribution is 7.80. The van der Waals surface area contributed by atoms with E-state index < -0.39 is 11.7 Å². The van der Waals surface area contributed by atoms with Crippen molar-refractivity contribution in [1.29, 1.82) is 0 Å². The van der Waals surface area contributed by atoms with Crippen molar-refractivity contribution in [2.75, 3.05) is 5.32 Å². The lowest BCUT2D eigenvalue weighted by molar-refractivity contribution is -0.137. The van der Waals surface area contributed by atoms with Gasteiger partial charge in [0, 0.05) is 5.69 Å². The number of anilines is 1. The smallest absolute Gasteiger partial charge is 0.356 e. The maximum atomic E-state index is 12.8. The van der Waals surface area contributed by atoms with Crippen LogP contribution in [0.5, 0.6) is 0 Å². The molecule has 0 bridgehead atoms. The molecule has 0 aliphatic heterocycles. The molecule has 0 radical (unpaired) electrons. The van der Waals surface area contributed by atoms with Gasteiger partial charge in [-0.3, -0.25) is 0 Å². The van der Waals surface area contributed by atoms with Crippen LogP contribution in [0.15, 0.2) is 42.5 Å². The predicted molar refractivity (Wildman–Crippen MR) is 99.7 cm³/mol. The van der Waals surface area contributed by atoms with E-state index in [0.29, 0.717) is 10.8 Å². The number of halogens is 3. The fourth-order valence-corrected chi connectivity index (χ4v) is 2.98. The molecule has 0 saturated heterocycles. The first-order chi connectivity index (χ1) is 11.7. The molecule has 2 N–H and O–H groups in total. The summed E-state index contributed by atoms with van der Waals surface area (Å²) >= 11 is 5.28. The lowest BCUT2D eigenvalue weighted by atomic mass is 9.98. The Balaban J connectivity index is 2.10. The van der Waals surface area contributed by atoms with Crippen molar-refractivity contribution in [2.45, 2.75) is 39.4 Å². The first-order valence-electron chi connectivity index (χ1n) is 8.02. The van der Waals surface area contributed by atoms with Crippen LogP contribution < -0.4 is 10.6 Å². The minimum atomic E-state index is -4.38. The highest BCUT2D eigenvalue weighted by Gasteiger charge is 2.30. The van der Waals surface area contributed by atoms with Crippen LogP contribution in [-0.2, 0) is 6.18 Å². The monoisotopic (exact) mass is 366 g/mol. The van der Waals surface area contributed by atoms with Crippen LogP contribution in [0.25, 0.3) is 0 Å². The van der Waals surface area contributed by atoms with Crippen molar-refractivity contribution in [3.8, 4) is 0 Å². The molecule has 0 heterocycles. The maximum absolute atomic E-state index is 12.8. The molecule has 6 heteroatoms. The fraction of sp³-hybridized carbons (Fsp3) is 0.316. The number of nitrogens with one attached hydrogen (secondary N) is 2. The van der Waals surface area contributed by atoms with Crippen LogP contribution in [-0.4, -0.2) is 5.11 Å². The Morgan fingerprint density at radius 1 is 1.12 bits per heavy atom. The third-order valence-electron chi connectivity index (χ3n) is 3.96. The van der Waals surface area contributed by atoms with Gasteiger partial charge in [0.15, 0.2) is 5.11 Å². The van der Waals surface area contributed by atoms with E-state index in [1.54, 1.807) is 6.07 Å². The van der Waals surface area contributed by atoms with Crippen LogP contribution in [0, 0.1) is 13.8 Å². The quantitative estimate of drug-likeness (QED) is 0.673. The van der Waals surface area contributed by atoms with Crippen LogP contribution in [0.2, 0.25) is 0 Å². The summed E-state index contributed by atoms with van der Waals surface area (Å²) in [6.07, 6.45) is -3.58. The van der Waals surface area contributed by atoms with Gasteiger partial charge >= 0.3 is 6.18 Å². The van der Waals surface area contributed by atoms with Gasteiger partial charge in [-0.2, -0.15) is 13.2 Å². The van der Waals surface area contributed by atoms with Gasteiger partial charge in [-0.1, -0.05) is 36.8 Å². The summed E-state index contributed by atoms with van der Waals surface area (Å²) < 4.78 is 38.4. The number of hydrogen-bond acceptors (Lipinski definition) is 1. The fourth-order valence-electron chi connectivity index (χ4n) is 2.72. The molecule has 0 fully saturated rings. The van der Waals surface area contributed by atoms with Gasteiger partial charge in [-0.25, -0.2) is 0 Å². The van der Waals surface area contributed by atoms with Gasteiger partial charge in [-0.05, 0) is 61.8 Å². The molecule has 1 atom stereocenters. The third-order valence-corrected chi connectivity index (χ3v) is 4.18. The third kappa shape index (κ3) is 5.19. The molecule has 2 nitrogen and oxygen atoms in total. The van der Waals surface area contributed by atoms with Gasteiger partial charge in [0.05, 0.1) is 11.6 Å². The maximum Gasteiger partial charge on any atom is 0.416 e. The Bertz CT molecular complexity index is 757. The van der Waals surface area contributed by atoms with Crippen molar-refractivity contribution in [1.82, 2.24) is 5.32 Å². The molecule has 2 aromatic rings. The van der Waals surface area contributed by atoms with Crippen molar-refractivity contribution in [2.24, 2.45) is 0 Å². The highest BCUT2D eigenvalue weighted by atomic mass is 32.1. The summed E-state index contributed by atoms with van der Waals surface area (Å²) in [4.78, 5) is 0. The lowest BCUT2D eigenvalue weighted by Gasteiger charge is -2.22. The molecule has 0 aromatic heterocycles. The highest BCUT2D eigenvalue weighted by Crippen LogP contribution is 2.30. The standard InChI is InChI=1S/C19H21F3N2S/c1-4-17(16-9-8-12(2)10-13(16)3)24-18(25)23-15-7-5-6-14(11-15)19(20,21)22/h5-11,17H,4H2,1-3H3,(H2,23,24,25)/t17-/m1/s1. The molecule has 0 spiro atoms. The number of alkyl halides is 3. The average Bonchev–Trinajstić information content (AvgIpc) is 2.52. The second kappa shape index (κ2) is 7.87. The van der Waals surface area contributed by atoms with E-state index in [1.165, 1.54) is 11.6 Å². The minimum Gasteiger partial charge on any atom is -0.356 e. The molecule has 25 heavy (non-hydrogen) atoms. The first-order valence-corrected chi connectivity index (χ1v) is 8.43. The topological polar surface area (TPSA) is 24.1 Å². The Morgan fingerprint density at radius 2 is 1.84 bits per heavy atom. The van der Waals surface area contributed by atoms with E-state index in [0.717, 1.165) is 29.7 Å². The summed E-state index contributed by atoms with van der Waals surface area (Å²) in [5, 5.41) is 6.33. The van der Waals surface area contributed by atoms with Gasteiger partial charge in [0.25, 0.3) is 0 Å². The summed E-state index contributed by atoms with van der Waals surface area (Å²) in [7, 11) is 0. The van der Waals surface area contributed by atoms with Gasteiger partial charge in [0.2, 0.25) is 0 Å². The molecule has 0 amide bonds. The number of rotatable bonds is 4. The zero-order valence-electron chi connectivity index (χ0n) is 14.4. The van der Waals surface area contributed by atoms with Crippen LogP contribution in [0.1, 0.15) is 41.6 Å². The summed E-state index contributed by atoms with van der Waals surface area (Å²) in [6, 6.07) is 11.2. The van der Waals surface area contributed by atoms with E-state index in [9.17, 15) is 13.2 Å². The minimum absolute atomic E-state index is 0.00796. The van der Waals surface area contributed by atoms with Crippen molar-refractivity contribution >= 4 is 23.0 Å². The van der Waals surface area contributed by atoms with E-state index >= 15 is 0 Å². The van der Waals surface area contributed by atoms with Crippen LogP contribution in [0.3, 0.4) is 0 Å². The molecule has 2 rings (SSSR count). The van der Waals surface area contributed by atoms with Gasteiger partial charge in [0.1, 0.15) is 0 Å². The summed E-state index contributed by atoms with van der Waals surface area (Å²) in [5.74, 6) is 0. The second-order valence-electron chi connectivity index (χ2n) is 6.00. The van der Waals surface area contributed by atoms with Crippen molar-refractivity contribution in [3.05, 3.63) is 64.7 Å². The second-order valence-corrected chi connectivity index (χ2v) is 6.41. The normalized spacial score (nSPS) is 12.6. The van der Waals surface area contributed by atoms with E-state index in [2.05, 4.69) is 22.8 Å². The van der Waals surface area contributed by atoms with E-state index in [-0.39, 0.29) is 6.04 Å². The Morgan fingerprint density at radius 3 is 2.44 bits per heavy atom. The predicted octanol–water partition coefficient (Wildman–Crippen LogP) is 5.76. The van der Waals surface area contributed by atoms with Gasteiger partial charge in [-0.15, -0.1) is 0 Å². The molecule has 134 valence electrons. The van der Waals surface area contributed by atoms with E-state index in [4.69, 9.17) is 12.2 Å². The molecule has 0 unspecified atom stereocenters. The summed E-state index contributed by atoms with van der Waals surface area (Å²) in [5.41, 5.74) is 3.06. The Labute approximate surface area is 151 Å². The number of hydrogen-bond donors (Lipinski definition) is 2. The zero-order valence-corrected chi connectivity index (χ0v) is 15.2. The molecule has 0 saturated carbocycles. The number of aryl methyl sites for hydroxylation is 2. The molecule has 0 aliphatic carbocycles. The molecule has 2 aromatic carbocycles. The Hall–Kier alpha value is -2.08. The van der Waals surface area contributed by atoms with Crippen molar-refractivity contribution in [3.63, 3.8) is 0 Å². The van der Waals surface area contributed by atoms with E-state index in [1.807, 2.05) is 26.8 Å². The van der Waals surface area contributed by atoms with Crippen molar-refractivity contribution < 1.29 is 13.2 Å². The Kier molecular flexibility index (Phi) is 6.06. The van der Waals surface area contributed by atoms with Gasteiger partial charge < -0.3 is 10.6 Å². The lowest BCUT2D eigenvalue weighted by Crippen LogP contribution is -2.32. The number of thiocarbonyl (C=S) groups is 1. The largest absolute Gasteiger partial charge is 0.416 e. The first kappa shape index (κ1) is 19.2. The molecular weight excluding hydrogens is 345 g/mol.